The molecule has 2 spiro atoms. The second-order valence-electron chi connectivity index (χ2n) is 19.1. The monoisotopic (exact) mass is 729 g/mol. The van der Waals surface area contributed by atoms with Gasteiger partial charge in [-0.05, 0) is 118 Å². The first-order chi connectivity index (χ1) is 26.3. The van der Waals surface area contributed by atoms with Gasteiger partial charge < -0.3 is 20.1 Å². The fraction of sp³-hybridized carbons (Fsp3) is 0.660. The summed E-state index contributed by atoms with van der Waals surface area (Å²) < 4.78 is 13.9. The Kier molecular flexibility index (Phi) is 7.54. The molecule has 3 saturated heterocycles. The first-order valence-corrected chi connectivity index (χ1v) is 22.0. The molecule has 1 aromatic carbocycles. The first-order valence-electron chi connectivity index (χ1n) is 22.0. The van der Waals surface area contributed by atoms with Gasteiger partial charge in [-0.1, -0.05) is 75.1 Å². The van der Waals surface area contributed by atoms with Crippen LogP contribution in [0.3, 0.4) is 0 Å². The molecule has 13 aliphatic rings. The highest BCUT2D eigenvalue weighted by Gasteiger charge is 2.92. The molecule has 12 bridgehead atoms. The molecule has 4 aliphatic carbocycles. The van der Waals surface area contributed by atoms with Crippen molar-refractivity contribution in [3.63, 3.8) is 0 Å². The highest BCUT2D eigenvalue weighted by Crippen LogP contribution is 2.87. The molecule has 1 aromatic rings. The van der Waals surface area contributed by atoms with E-state index < -0.39 is 16.4 Å². The van der Waals surface area contributed by atoms with Crippen molar-refractivity contribution in [3.8, 4) is 0 Å². The molecular weight excluding hydrogens is 671 g/mol. The van der Waals surface area contributed by atoms with Gasteiger partial charge in [-0.15, -0.1) is 0 Å². The second-order valence-corrected chi connectivity index (χ2v) is 19.1. The van der Waals surface area contributed by atoms with Crippen molar-refractivity contribution in [1.29, 1.82) is 0 Å². The number of nitrogens with two attached hydrogens (primary N) is 1. The number of rotatable bonds is 7. The molecule has 12 atom stereocenters. The molecule has 9 aliphatic heterocycles. The number of nitrogens with zero attached hydrogens (tertiary/aromatic N) is 2. The summed E-state index contributed by atoms with van der Waals surface area (Å²) in [6, 6.07) is 7.22. The SMILES string of the molecule is CCC[C@@H]1C/C=C2/OC(=O)[C@@]34C5=C(CC[C@@]23[C@]2(OC(=O)c3c(CCCN)cccc32)[C@H]4CCC)[C@@H]2C3=C(C=C[C@H]4[C@H]6C[C@H](CN1C6)CN34)C[C@H](C)[C@H]2CC5. The summed E-state index contributed by atoms with van der Waals surface area (Å²) in [5, 5.41) is 0. The van der Waals surface area contributed by atoms with Gasteiger partial charge in [0.25, 0.3) is 0 Å². The molecule has 0 aromatic heterocycles. The summed E-state index contributed by atoms with van der Waals surface area (Å²) in [7, 11) is 0. The number of fused-ring (bicyclic) bond motifs is 2. The topological polar surface area (TPSA) is 85.1 Å². The van der Waals surface area contributed by atoms with E-state index in [0.29, 0.717) is 48.2 Å². The van der Waals surface area contributed by atoms with Gasteiger partial charge in [0.2, 0.25) is 0 Å². The van der Waals surface area contributed by atoms with Crippen molar-refractivity contribution in [2.24, 2.45) is 52.1 Å². The van der Waals surface area contributed by atoms with Crippen LogP contribution in [0.5, 0.6) is 0 Å². The fourth-order valence-electron chi connectivity index (χ4n) is 15.4. The highest BCUT2D eigenvalue weighted by atomic mass is 16.6. The van der Waals surface area contributed by atoms with Crippen molar-refractivity contribution in [1.82, 2.24) is 9.80 Å². The number of esters is 2. The maximum atomic E-state index is 15.4. The van der Waals surface area contributed by atoms with E-state index in [1.54, 1.807) is 16.8 Å². The van der Waals surface area contributed by atoms with E-state index in [1.807, 2.05) is 0 Å². The summed E-state index contributed by atoms with van der Waals surface area (Å²) in [5.41, 5.74) is 12.4. The molecule has 9 heterocycles. The van der Waals surface area contributed by atoms with Crippen LogP contribution in [0.4, 0.5) is 0 Å². The first kappa shape index (κ1) is 34.1. The lowest BCUT2D eigenvalue weighted by Gasteiger charge is -2.72. The summed E-state index contributed by atoms with van der Waals surface area (Å²) in [5.74, 6) is 3.20. The fourth-order valence-corrected chi connectivity index (χ4v) is 15.4. The third-order valence-corrected chi connectivity index (χ3v) is 17.0. The number of benzene rings is 1. The Morgan fingerprint density at radius 1 is 1.06 bits per heavy atom. The number of allylic oxidation sites excluding steroid dienone is 3. The van der Waals surface area contributed by atoms with Crippen molar-refractivity contribution >= 4 is 11.9 Å². The minimum Gasteiger partial charge on any atom is -0.449 e. The van der Waals surface area contributed by atoms with Gasteiger partial charge in [0.1, 0.15) is 11.2 Å². The lowest BCUT2D eigenvalue weighted by atomic mass is 9.28. The third-order valence-electron chi connectivity index (χ3n) is 17.0. The van der Waals surface area contributed by atoms with E-state index in [4.69, 9.17) is 15.2 Å². The minimum atomic E-state index is -0.931. The number of hydrogen-bond donors (Lipinski definition) is 1. The average molecular weight is 730 g/mol. The Labute approximate surface area is 321 Å². The third kappa shape index (κ3) is 3.92. The normalized spacial score (nSPS) is 44.2. The molecule has 54 heavy (non-hydrogen) atoms. The molecular formula is C47H59N3O4. The summed E-state index contributed by atoms with van der Waals surface area (Å²) in [6.45, 7) is 11.0. The zero-order valence-corrected chi connectivity index (χ0v) is 32.7. The van der Waals surface area contributed by atoms with Gasteiger partial charge in [0.15, 0.2) is 5.60 Å². The highest BCUT2D eigenvalue weighted by molar-refractivity contribution is 6.00. The zero-order chi connectivity index (χ0) is 36.7. The number of piperidine rings is 2. The molecule has 0 amide bonds. The molecule has 0 radical (unpaired) electrons. The molecule has 1 saturated carbocycles. The number of aryl methyl sites for hydroxylation is 1. The van der Waals surface area contributed by atoms with E-state index >= 15 is 4.79 Å². The quantitative estimate of drug-likeness (QED) is 0.225. The van der Waals surface area contributed by atoms with E-state index in [9.17, 15) is 4.79 Å². The van der Waals surface area contributed by atoms with Crippen LogP contribution in [-0.2, 0) is 26.3 Å². The van der Waals surface area contributed by atoms with Crippen LogP contribution in [0.2, 0.25) is 0 Å². The average Bonchev–Trinajstić information content (AvgIpc) is 3.62. The number of carbonyl (C=O) groups is 2. The van der Waals surface area contributed by atoms with E-state index in [2.05, 4.69) is 67.0 Å². The van der Waals surface area contributed by atoms with Crippen molar-refractivity contribution in [2.75, 3.05) is 26.2 Å². The predicted molar refractivity (Wildman–Crippen MR) is 208 cm³/mol. The maximum absolute atomic E-state index is 15.4. The smallest absolute Gasteiger partial charge is 0.339 e. The Bertz CT molecular complexity index is 1960. The van der Waals surface area contributed by atoms with E-state index in [-0.39, 0.29) is 17.9 Å². The zero-order valence-electron chi connectivity index (χ0n) is 32.7. The summed E-state index contributed by atoms with van der Waals surface area (Å²) in [6.07, 6.45) is 20.1. The van der Waals surface area contributed by atoms with Gasteiger partial charge in [-0.3, -0.25) is 9.69 Å². The van der Waals surface area contributed by atoms with E-state index in [0.717, 1.165) is 119 Å². The van der Waals surface area contributed by atoms with Crippen LogP contribution in [0.1, 0.15) is 119 Å². The molecule has 7 heteroatoms. The molecule has 2 N–H and O–H groups in total. The standard InChI is InChI=1S/C47H59N3O4/c1-4-8-32-14-18-39-45-20-19-34-35(16-15-33-27(3)22-30-13-17-37-31-23-28(24-49(32)26-31)25-50(37)42(30)41(33)34)46(45,44(52)53-39)38(9-5-2)47(45)36-12-6-10-29(11-7-21-48)40(36)43(51)54-47/h6,10,12-13,17-18,27-28,31-33,37-38,41H,4-5,7-9,11,14-16,19-26,48H2,1-3H3/b39-18+/t27-,28+,31-,32+,33+,37-,38-,41+,45+,46-,47+/m0/s1. The predicted octanol–water partition coefficient (Wildman–Crippen LogP) is 7.96. The number of hydrogen-bond acceptors (Lipinski definition) is 7. The van der Waals surface area contributed by atoms with Crippen LogP contribution < -0.4 is 5.73 Å². The van der Waals surface area contributed by atoms with Crippen LogP contribution in [0.15, 0.2) is 64.6 Å². The minimum absolute atomic E-state index is 0.0621. The van der Waals surface area contributed by atoms with Crippen LogP contribution >= 0.6 is 0 Å². The lowest BCUT2D eigenvalue weighted by molar-refractivity contribution is -0.277. The summed E-state index contributed by atoms with van der Waals surface area (Å²) >= 11 is 0. The van der Waals surface area contributed by atoms with Gasteiger partial charge in [0, 0.05) is 48.8 Å². The maximum Gasteiger partial charge on any atom is 0.339 e. The van der Waals surface area contributed by atoms with Gasteiger partial charge in [-0.2, -0.15) is 0 Å². The molecule has 14 rings (SSSR count). The lowest BCUT2D eigenvalue weighted by Crippen LogP contribution is -2.77. The molecule has 1 unspecified atom stereocenters. The molecule has 7 nitrogen and oxygen atoms in total. The van der Waals surface area contributed by atoms with Gasteiger partial charge in [-0.25, -0.2) is 4.79 Å². The van der Waals surface area contributed by atoms with Crippen LogP contribution in [0, 0.1) is 46.3 Å². The van der Waals surface area contributed by atoms with Gasteiger partial charge >= 0.3 is 11.9 Å². The number of ether oxygens (including phenoxy) is 2. The Balaban J connectivity index is 1.18. The van der Waals surface area contributed by atoms with Crippen LogP contribution in [0.25, 0.3) is 0 Å². The Morgan fingerprint density at radius 3 is 2.76 bits per heavy atom. The molecule has 286 valence electrons. The second kappa shape index (κ2) is 11.9. The van der Waals surface area contributed by atoms with Crippen molar-refractivity contribution in [3.05, 3.63) is 81.3 Å². The summed E-state index contributed by atoms with van der Waals surface area (Å²) in [4.78, 5) is 35.7. The molecule has 4 fully saturated rings. The van der Waals surface area contributed by atoms with E-state index in [1.165, 1.54) is 12.0 Å². The Morgan fingerprint density at radius 2 is 1.93 bits per heavy atom. The number of carbonyl (C=O) groups excluding carboxylic acids is 2. The van der Waals surface area contributed by atoms with Gasteiger partial charge in [0.05, 0.1) is 17.0 Å². The van der Waals surface area contributed by atoms with Crippen molar-refractivity contribution in [2.45, 2.75) is 122 Å². The largest absolute Gasteiger partial charge is 0.449 e. The van der Waals surface area contributed by atoms with Crippen molar-refractivity contribution < 1.29 is 19.1 Å². The van der Waals surface area contributed by atoms with Crippen LogP contribution in [-0.4, -0.2) is 60.0 Å². The Hall–Kier alpha value is -3.16.